The van der Waals surface area contributed by atoms with Gasteiger partial charge in [-0.15, -0.1) is 0 Å². The molecule has 0 spiro atoms. The minimum atomic E-state index is -1.49. The van der Waals surface area contributed by atoms with E-state index in [9.17, 15) is 14.4 Å². The summed E-state index contributed by atoms with van der Waals surface area (Å²) in [6.45, 7) is 5.79. The third kappa shape index (κ3) is 21.5. The Morgan fingerprint density at radius 2 is 1.30 bits per heavy atom. The van der Waals surface area contributed by atoms with Crippen molar-refractivity contribution in [2.24, 2.45) is 13.0 Å². The van der Waals surface area contributed by atoms with Gasteiger partial charge in [0.1, 0.15) is 29.0 Å². The predicted octanol–water partition coefficient (Wildman–Crippen LogP) is 13.5. The van der Waals surface area contributed by atoms with Crippen LogP contribution in [0.1, 0.15) is 105 Å². The smallest absolute Gasteiger partial charge is 0.407 e. The number of aromatic nitrogens is 2. The van der Waals surface area contributed by atoms with E-state index in [4.69, 9.17) is 53.8 Å². The molecule has 5 amide bonds. The van der Waals surface area contributed by atoms with Gasteiger partial charge in [-0.25, -0.2) is 9.78 Å². The van der Waals surface area contributed by atoms with Gasteiger partial charge in [0.15, 0.2) is 5.60 Å². The van der Waals surface area contributed by atoms with Gasteiger partial charge in [-0.1, -0.05) is 175 Å². The number of hydrogen-bond acceptors (Lipinski definition) is 13. The molecule has 0 unspecified atom stereocenters. The quantitative estimate of drug-likeness (QED) is 0.0228. The lowest BCUT2D eigenvalue weighted by molar-refractivity contribution is -0.157. The zero-order chi connectivity index (χ0) is 73.8. The molecule has 544 valence electrons. The molecule has 1 heterocycles. The zero-order valence-electron chi connectivity index (χ0n) is 60.0. The molecule has 22 heteroatoms. The molecule has 0 bridgehead atoms. The predicted molar refractivity (Wildman–Crippen MR) is 403 cm³/mol. The van der Waals surface area contributed by atoms with Gasteiger partial charge in [-0.05, 0) is 133 Å². The van der Waals surface area contributed by atoms with Crippen molar-refractivity contribution in [3.8, 4) is 22.8 Å². The van der Waals surface area contributed by atoms with Crippen LogP contribution >= 0.6 is 34.8 Å². The molecular weight excluding hydrogens is 1370 g/mol. The van der Waals surface area contributed by atoms with E-state index in [-0.39, 0.29) is 63.6 Å². The molecule has 8 aromatic rings. The number of benzene rings is 7. The molecule has 1 aliphatic rings. The van der Waals surface area contributed by atoms with Crippen molar-refractivity contribution in [1.82, 2.24) is 45.5 Å². The second-order valence-electron chi connectivity index (χ2n) is 27.5. The Labute approximate surface area is 619 Å². The number of carbonyl (C=O) groups is 6. The highest BCUT2D eigenvalue weighted by molar-refractivity contribution is 6.31. The molecule has 1 aromatic heterocycles. The van der Waals surface area contributed by atoms with Gasteiger partial charge in [-0.2, -0.15) is 0 Å². The topological polar surface area (TPSA) is 215 Å². The second kappa shape index (κ2) is 36.9. The van der Waals surface area contributed by atoms with Crippen molar-refractivity contribution in [2.75, 3.05) is 48.5 Å². The fourth-order valence-electron chi connectivity index (χ4n) is 13.2. The van der Waals surface area contributed by atoms with Gasteiger partial charge in [0, 0.05) is 103 Å². The molecule has 0 aliphatic heterocycles. The van der Waals surface area contributed by atoms with Gasteiger partial charge < -0.3 is 59.5 Å². The second-order valence-corrected chi connectivity index (χ2v) is 28.8. The van der Waals surface area contributed by atoms with E-state index in [2.05, 4.69) is 35.7 Å². The lowest BCUT2D eigenvalue weighted by Gasteiger charge is -2.40. The van der Waals surface area contributed by atoms with E-state index in [0.717, 1.165) is 41.1 Å². The summed E-state index contributed by atoms with van der Waals surface area (Å²) in [5.41, 5.74) is 3.81. The van der Waals surface area contributed by atoms with E-state index in [1.165, 1.54) is 12.0 Å². The largest absolute Gasteiger partial charge is 0.457 e. The number of rotatable bonds is 32. The van der Waals surface area contributed by atoms with Gasteiger partial charge >= 0.3 is 12.1 Å². The normalized spacial score (nSPS) is 15.0. The maximum absolute atomic E-state index is 15.4. The average Bonchev–Trinajstić information content (AvgIpc) is 1.59. The maximum atomic E-state index is 15.4. The molecule has 0 saturated heterocycles. The Kier molecular flexibility index (Phi) is 27.9. The van der Waals surface area contributed by atoms with Crippen molar-refractivity contribution in [3.05, 3.63) is 242 Å². The van der Waals surface area contributed by atoms with Crippen LogP contribution in [-0.2, 0) is 76.8 Å². The Hall–Kier alpha value is -9.08. The first kappa shape index (κ1) is 78.1. The molecule has 7 aromatic carbocycles. The van der Waals surface area contributed by atoms with E-state index >= 15 is 14.4 Å². The summed E-state index contributed by atoms with van der Waals surface area (Å²) in [7, 11) is 10.7. The number of ether oxygens (including phenoxy) is 4. The first-order chi connectivity index (χ1) is 49.4. The van der Waals surface area contributed by atoms with Gasteiger partial charge in [0.2, 0.25) is 23.6 Å². The number of methoxy groups -OCH3 is 1. The van der Waals surface area contributed by atoms with Gasteiger partial charge in [0.05, 0.1) is 49.5 Å². The van der Waals surface area contributed by atoms with Crippen molar-refractivity contribution in [2.45, 2.75) is 133 Å². The van der Waals surface area contributed by atoms with Crippen LogP contribution in [0.3, 0.4) is 0 Å². The molecule has 1 saturated carbocycles. The van der Waals surface area contributed by atoms with Crippen LogP contribution in [0.25, 0.3) is 11.3 Å². The number of alkyl carbamates (subject to hydrolysis) is 1. The molecule has 1 fully saturated rings. The third-order valence-electron chi connectivity index (χ3n) is 18.4. The van der Waals surface area contributed by atoms with E-state index < -0.39 is 71.2 Å². The number of esters is 1. The van der Waals surface area contributed by atoms with Crippen molar-refractivity contribution >= 4 is 70.5 Å². The monoisotopic (exact) mass is 1460 g/mol. The first-order valence-corrected chi connectivity index (χ1v) is 35.9. The van der Waals surface area contributed by atoms with Crippen molar-refractivity contribution < 1.29 is 47.7 Å². The number of carbonyl (C=O) groups excluding carboxylic acids is 6. The summed E-state index contributed by atoms with van der Waals surface area (Å²) >= 11 is 20.0. The molecule has 4 N–H and O–H groups in total. The molecule has 19 nitrogen and oxygen atoms in total. The van der Waals surface area contributed by atoms with Crippen LogP contribution in [0.4, 0.5) is 4.79 Å². The average molecular weight is 1460 g/mol. The highest BCUT2D eigenvalue weighted by atomic mass is 35.5. The van der Waals surface area contributed by atoms with Crippen LogP contribution < -0.4 is 26.0 Å². The number of likely N-dealkylation sites (N-methyl/N-ethyl adjacent to an activating group) is 2. The minimum absolute atomic E-state index is 0.00954. The van der Waals surface area contributed by atoms with E-state index in [1.807, 2.05) is 173 Å². The number of nitrogens with zero attached hydrogens (tertiary/aromatic N) is 5. The van der Waals surface area contributed by atoms with E-state index in [1.54, 1.807) is 76.2 Å². The summed E-state index contributed by atoms with van der Waals surface area (Å²) in [5, 5.41) is 13.7. The summed E-state index contributed by atoms with van der Waals surface area (Å²) in [4.78, 5) is 98.0. The molecule has 6 atom stereocenters. The minimum Gasteiger partial charge on any atom is -0.457 e. The number of amides is 5. The van der Waals surface area contributed by atoms with Crippen LogP contribution in [0.2, 0.25) is 15.1 Å². The zero-order valence-corrected chi connectivity index (χ0v) is 62.3. The Balaban J connectivity index is 0.919. The summed E-state index contributed by atoms with van der Waals surface area (Å²) < 4.78 is 26.5. The highest BCUT2D eigenvalue weighted by Gasteiger charge is 2.44. The van der Waals surface area contributed by atoms with E-state index in [0.29, 0.717) is 68.2 Å². The lowest BCUT2D eigenvalue weighted by atomic mass is 9.80. The summed E-state index contributed by atoms with van der Waals surface area (Å²) in [6, 6.07) is 51.6. The summed E-state index contributed by atoms with van der Waals surface area (Å²) in [5.74, 6) is -1.38. The lowest BCUT2D eigenvalue weighted by Crippen LogP contribution is -2.57. The molecule has 103 heavy (non-hydrogen) atoms. The van der Waals surface area contributed by atoms with Crippen LogP contribution in [0, 0.1) is 5.92 Å². The van der Waals surface area contributed by atoms with Crippen molar-refractivity contribution in [3.63, 3.8) is 0 Å². The molecule has 0 radical (unpaired) electrons. The van der Waals surface area contributed by atoms with Gasteiger partial charge in [-0.3, -0.25) is 24.0 Å². The maximum Gasteiger partial charge on any atom is 0.407 e. The number of imidazole rings is 1. The Bertz CT molecular complexity index is 4080. The fourth-order valence-corrected chi connectivity index (χ4v) is 13.7. The van der Waals surface area contributed by atoms with Gasteiger partial charge in [0.25, 0.3) is 0 Å². The number of hydrogen-bond donors (Lipinski definition) is 4. The van der Waals surface area contributed by atoms with Crippen molar-refractivity contribution in [1.29, 1.82) is 0 Å². The first-order valence-electron chi connectivity index (χ1n) is 34.8. The van der Waals surface area contributed by atoms with Crippen LogP contribution in [0.5, 0.6) is 11.5 Å². The molecule has 9 rings (SSSR count). The number of halogens is 3. The SMILES string of the molecule is COC[C@H](NC(=O)[C@H](CCNC(=O)OC(C)(C)C)NCc1ccc(Cl)cc1Oc1ccc(-c2cnc(CN(C)C)n2C)cc1)C(=O)N(C)[C@H](CC(=O)N[C@H]1CCCC[C@@H]1N(C)C(=O)[C@@H](CC(=O)OC(c1ccccc1)(c1ccccc1)c1ccccc1Cl)Cc1ccccc1)Cc1ccc(Cl)cc1. The number of nitrogens with one attached hydrogen (secondary N) is 4. The summed E-state index contributed by atoms with van der Waals surface area (Å²) in [6.07, 6.45) is 3.91. The third-order valence-corrected chi connectivity index (χ3v) is 19.3. The standard InChI is InChI=1S/C81H94Cl3N9O10/c1-80(2,3)103-79(99)85-44-43-68(86-50-57-35-40-62(83)48-72(57)101-64-41-36-56(37-42-64)71-51-87-73(92(71)7)52-90(4)5)76(96)89-69(53-100-9)78(98)91(6)63(46-55-33-38-61(82)39-34-55)49-74(94)88-67-31-21-22-32-70(67)93(8)77(97)58(45-54-23-13-10-14-24-54)47-75(95)102-81(59-25-15-11-16-26-59,60-27-17-12-18-28-60)65-29-19-20-30-66(65)84/h10-20,23-30,33-42,48,51,58,63,67-70,86H,21-22,31-32,43-47,49-50,52-53H2,1-9H3,(H,85,99)(H,88,94)(H,89,96)/t58-,63+,67+,68+,69+,70+/m1/s1. The fraction of sp³-hybridized carbons (Fsp3) is 0.370. The van der Waals surface area contributed by atoms with Crippen LogP contribution in [0.15, 0.2) is 188 Å². The Morgan fingerprint density at radius 3 is 1.94 bits per heavy atom. The van der Waals surface area contributed by atoms with Crippen LogP contribution in [-0.4, -0.2) is 144 Å². The Morgan fingerprint density at radius 1 is 0.680 bits per heavy atom. The molecular formula is C81H94Cl3N9O10. The highest BCUT2D eigenvalue weighted by Crippen LogP contribution is 2.44. The molecule has 1 aliphatic carbocycles.